The molecule has 0 spiro atoms. The molecule has 0 aliphatic carbocycles. The van der Waals surface area contributed by atoms with Crippen molar-refractivity contribution >= 4 is 23.2 Å². The summed E-state index contributed by atoms with van der Waals surface area (Å²) in [5.41, 5.74) is 8.06. The fourth-order valence-corrected chi connectivity index (χ4v) is 2.20. The number of carbonyl (C=O) groups is 2. The summed E-state index contributed by atoms with van der Waals surface area (Å²) in [6.07, 6.45) is 0.271. The highest BCUT2D eigenvalue weighted by atomic mass is 16.5. The second-order valence-electron chi connectivity index (χ2n) is 5.30. The quantitative estimate of drug-likeness (QED) is 0.760. The van der Waals surface area contributed by atoms with Gasteiger partial charge < -0.3 is 21.1 Å². The standard InChI is InChI=1S/C18H21N3O3/c1-12-10-14(20-17(22)8-9-19)6-7-16(12)21-18(23)13-4-3-5-15(11-13)24-2/h3-7,10-11H,8-9,19H2,1-2H3,(H,20,22)(H,21,23). The zero-order chi connectivity index (χ0) is 17.5. The Morgan fingerprint density at radius 3 is 2.58 bits per heavy atom. The Bertz CT molecular complexity index is 744. The summed E-state index contributed by atoms with van der Waals surface area (Å²) < 4.78 is 5.12. The van der Waals surface area contributed by atoms with Gasteiger partial charge in [-0.05, 0) is 48.9 Å². The van der Waals surface area contributed by atoms with E-state index in [2.05, 4.69) is 10.6 Å². The number of amides is 2. The van der Waals surface area contributed by atoms with Crippen LogP contribution in [0, 0.1) is 6.92 Å². The van der Waals surface area contributed by atoms with Crippen LogP contribution in [0.15, 0.2) is 42.5 Å². The molecule has 0 unspecified atom stereocenters. The van der Waals surface area contributed by atoms with Crippen LogP contribution in [0.3, 0.4) is 0 Å². The molecule has 0 bridgehead atoms. The topological polar surface area (TPSA) is 93.5 Å². The summed E-state index contributed by atoms with van der Waals surface area (Å²) in [5, 5.41) is 5.62. The first-order valence-corrected chi connectivity index (χ1v) is 7.59. The van der Waals surface area contributed by atoms with Gasteiger partial charge in [-0.3, -0.25) is 9.59 Å². The number of aryl methyl sites for hydroxylation is 1. The van der Waals surface area contributed by atoms with Gasteiger partial charge in [0, 0.05) is 29.9 Å². The van der Waals surface area contributed by atoms with Crippen LogP contribution in [-0.2, 0) is 4.79 Å². The van der Waals surface area contributed by atoms with Gasteiger partial charge in [-0.2, -0.15) is 0 Å². The van der Waals surface area contributed by atoms with Crippen molar-refractivity contribution in [3.8, 4) is 5.75 Å². The number of carbonyl (C=O) groups excluding carboxylic acids is 2. The lowest BCUT2D eigenvalue weighted by Crippen LogP contribution is -2.16. The predicted octanol–water partition coefficient (Wildman–Crippen LogP) is 2.54. The number of anilines is 2. The molecule has 0 aliphatic rings. The van der Waals surface area contributed by atoms with Crippen molar-refractivity contribution in [2.75, 3.05) is 24.3 Å². The molecule has 0 fully saturated rings. The lowest BCUT2D eigenvalue weighted by Gasteiger charge is -2.11. The fraction of sp³-hybridized carbons (Fsp3) is 0.222. The number of benzene rings is 2. The summed E-state index contributed by atoms with van der Waals surface area (Å²) in [4.78, 5) is 23.9. The molecule has 126 valence electrons. The van der Waals surface area contributed by atoms with Gasteiger partial charge in [-0.25, -0.2) is 0 Å². The molecular formula is C18H21N3O3. The molecule has 4 N–H and O–H groups in total. The Hall–Kier alpha value is -2.86. The first-order valence-electron chi connectivity index (χ1n) is 7.59. The van der Waals surface area contributed by atoms with Gasteiger partial charge in [0.1, 0.15) is 5.75 Å². The van der Waals surface area contributed by atoms with E-state index in [0.717, 1.165) is 5.56 Å². The van der Waals surface area contributed by atoms with Crippen molar-refractivity contribution in [3.05, 3.63) is 53.6 Å². The molecule has 2 aromatic rings. The third-order valence-corrected chi connectivity index (χ3v) is 3.46. The van der Waals surface area contributed by atoms with Gasteiger partial charge in [0.15, 0.2) is 0 Å². The molecule has 0 radical (unpaired) electrons. The second-order valence-corrected chi connectivity index (χ2v) is 5.30. The van der Waals surface area contributed by atoms with E-state index in [9.17, 15) is 9.59 Å². The van der Waals surface area contributed by atoms with E-state index in [1.54, 1.807) is 49.6 Å². The Kier molecular flexibility index (Phi) is 5.92. The number of ether oxygens (including phenoxy) is 1. The van der Waals surface area contributed by atoms with Gasteiger partial charge >= 0.3 is 0 Å². The van der Waals surface area contributed by atoms with Crippen LogP contribution in [-0.4, -0.2) is 25.5 Å². The lowest BCUT2D eigenvalue weighted by atomic mass is 10.1. The summed E-state index contributed by atoms with van der Waals surface area (Å²) in [5.74, 6) is 0.263. The largest absolute Gasteiger partial charge is 0.497 e. The maximum atomic E-state index is 12.3. The molecule has 0 aromatic heterocycles. The number of hydrogen-bond acceptors (Lipinski definition) is 4. The molecule has 2 aromatic carbocycles. The molecule has 24 heavy (non-hydrogen) atoms. The molecule has 0 heterocycles. The zero-order valence-electron chi connectivity index (χ0n) is 13.8. The van der Waals surface area contributed by atoms with Crippen LogP contribution in [0.25, 0.3) is 0 Å². The molecule has 2 rings (SSSR count). The van der Waals surface area contributed by atoms with Crippen LogP contribution in [0.2, 0.25) is 0 Å². The molecular weight excluding hydrogens is 306 g/mol. The molecule has 0 saturated heterocycles. The van der Waals surface area contributed by atoms with Crippen LogP contribution >= 0.6 is 0 Å². The molecule has 0 aliphatic heterocycles. The SMILES string of the molecule is COc1cccc(C(=O)Nc2ccc(NC(=O)CCN)cc2C)c1. The third kappa shape index (κ3) is 4.57. The minimum atomic E-state index is -0.225. The van der Waals surface area contributed by atoms with Crippen LogP contribution < -0.4 is 21.1 Å². The summed E-state index contributed by atoms with van der Waals surface area (Å²) in [7, 11) is 1.55. The minimum Gasteiger partial charge on any atom is -0.497 e. The normalized spacial score (nSPS) is 10.1. The number of nitrogens with two attached hydrogens (primary N) is 1. The zero-order valence-corrected chi connectivity index (χ0v) is 13.8. The van der Waals surface area contributed by atoms with E-state index in [0.29, 0.717) is 29.2 Å². The van der Waals surface area contributed by atoms with Gasteiger partial charge in [0.25, 0.3) is 5.91 Å². The van der Waals surface area contributed by atoms with Crippen LogP contribution in [0.1, 0.15) is 22.3 Å². The van der Waals surface area contributed by atoms with Crippen LogP contribution in [0.4, 0.5) is 11.4 Å². The van der Waals surface area contributed by atoms with Crippen LogP contribution in [0.5, 0.6) is 5.75 Å². The van der Waals surface area contributed by atoms with Crippen molar-refractivity contribution in [3.63, 3.8) is 0 Å². The number of methoxy groups -OCH3 is 1. The van der Waals surface area contributed by atoms with Crippen molar-refractivity contribution in [2.45, 2.75) is 13.3 Å². The summed E-state index contributed by atoms with van der Waals surface area (Å²) >= 11 is 0. The Balaban J connectivity index is 2.09. The van der Waals surface area contributed by atoms with E-state index in [1.807, 2.05) is 6.92 Å². The third-order valence-electron chi connectivity index (χ3n) is 3.46. The highest BCUT2D eigenvalue weighted by Gasteiger charge is 2.10. The van der Waals surface area contributed by atoms with Gasteiger partial charge in [-0.15, -0.1) is 0 Å². The lowest BCUT2D eigenvalue weighted by molar-refractivity contribution is -0.116. The summed E-state index contributed by atoms with van der Waals surface area (Å²) in [6, 6.07) is 12.2. The highest BCUT2D eigenvalue weighted by molar-refractivity contribution is 6.05. The van der Waals surface area contributed by atoms with Crippen molar-refractivity contribution in [2.24, 2.45) is 5.73 Å². The predicted molar refractivity (Wildman–Crippen MR) is 94.4 cm³/mol. The summed E-state index contributed by atoms with van der Waals surface area (Å²) in [6.45, 7) is 2.17. The first-order chi connectivity index (χ1) is 11.5. The first kappa shape index (κ1) is 17.5. The minimum absolute atomic E-state index is 0.134. The van der Waals surface area contributed by atoms with Gasteiger partial charge in [0.2, 0.25) is 5.91 Å². The van der Waals surface area contributed by atoms with E-state index in [1.165, 1.54) is 0 Å². The number of hydrogen-bond donors (Lipinski definition) is 3. The van der Waals surface area contributed by atoms with Crippen molar-refractivity contribution in [1.82, 2.24) is 0 Å². The molecule has 6 heteroatoms. The van der Waals surface area contributed by atoms with Gasteiger partial charge in [0.05, 0.1) is 7.11 Å². The number of nitrogens with one attached hydrogen (secondary N) is 2. The maximum Gasteiger partial charge on any atom is 0.255 e. The molecule has 0 saturated carbocycles. The van der Waals surface area contributed by atoms with E-state index >= 15 is 0 Å². The second kappa shape index (κ2) is 8.12. The van der Waals surface area contributed by atoms with E-state index in [-0.39, 0.29) is 18.2 Å². The smallest absolute Gasteiger partial charge is 0.255 e. The van der Waals surface area contributed by atoms with E-state index < -0.39 is 0 Å². The van der Waals surface area contributed by atoms with E-state index in [4.69, 9.17) is 10.5 Å². The van der Waals surface area contributed by atoms with Crippen molar-refractivity contribution < 1.29 is 14.3 Å². The Labute approximate surface area is 141 Å². The Morgan fingerprint density at radius 2 is 1.92 bits per heavy atom. The highest BCUT2D eigenvalue weighted by Crippen LogP contribution is 2.21. The molecule has 6 nitrogen and oxygen atoms in total. The average Bonchev–Trinajstić information content (AvgIpc) is 2.57. The van der Waals surface area contributed by atoms with Crippen molar-refractivity contribution in [1.29, 1.82) is 0 Å². The fourth-order valence-electron chi connectivity index (χ4n) is 2.20. The van der Waals surface area contributed by atoms with Gasteiger partial charge in [-0.1, -0.05) is 6.07 Å². The monoisotopic (exact) mass is 327 g/mol. The molecule has 0 atom stereocenters. The number of rotatable bonds is 6. The maximum absolute atomic E-state index is 12.3. The average molecular weight is 327 g/mol. The Morgan fingerprint density at radius 1 is 1.12 bits per heavy atom. The molecule has 2 amide bonds.